The summed E-state index contributed by atoms with van der Waals surface area (Å²) in [6.45, 7) is 3.92. The third-order valence-electron chi connectivity index (χ3n) is 3.69. The number of ether oxygens (including phenoxy) is 1. The van der Waals surface area contributed by atoms with Gasteiger partial charge in [0.1, 0.15) is 12.7 Å². The molecule has 0 bridgehead atoms. The van der Waals surface area contributed by atoms with Gasteiger partial charge in [-0.05, 0) is 25.7 Å². The van der Waals surface area contributed by atoms with Crippen molar-refractivity contribution in [2.75, 3.05) is 6.61 Å². The molecular formula is C17H34O3. The predicted molar refractivity (Wildman–Crippen MR) is 83.7 cm³/mol. The van der Waals surface area contributed by atoms with E-state index in [-0.39, 0.29) is 6.10 Å². The van der Waals surface area contributed by atoms with Gasteiger partial charge < -0.3 is 9.84 Å². The molecule has 20 heavy (non-hydrogen) atoms. The molecule has 0 aromatic carbocycles. The van der Waals surface area contributed by atoms with Crippen molar-refractivity contribution in [2.45, 2.75) is 97.0 Å². The molecule has 0 fully saturated rings. The first kappa shape index (κ1) is 19.4. The number of aliphatic hydroxyl groups excluding tert-OH is 1. The van der Waals surface area contributed by atoms with E-state index in [2.05, 4.69) is 13.8 Å². The van der Waals surface area contributed by atoms with Crippen LogP contribution in [0.1, 0.15) is 90.9 Å². The molecule has 0 rings (SSSR count). The first-order valence-corrected chi connectivity index (χ1v) is 8.54. The lowest BCUT2D eigenvalue weighted by molar-refractivity contribution is -0.153. The fraction of sp³-hybridized carbons (Fsp3) is 0.941. The highest BCUT2D eigenvalue weighted by atomic mass is 16.6. The van der Waals surface area contributed by atoms with Gasteiger partial charge in [0.05, 0.1) is 0 Å². The molecule has 3 heteroatoms. The Kier molecular flexibility index (Phi) is 14.4. The maximum Gasteiger partial charge on any atom is 0.332 e. The molecule has 0 amide bonds. The SMILES string of the molecule is CCCCCCCCC(CCCCCC)OC(=O)CO. The van der Waals surface area contributed by atoms with Gasteiger partial charge in [-0.3, -0.25) is 0 Å². The molecule has 3 nitrogen and oxygen atoms in total. The quantitative estimate of drug-likeness (QED) is 0.374. The van der Waals surface area contributed by atoms with Gasteiger partial charge in [-0.1, -0.05) is 65.2 Å². The highest BCUT2D eigenvalue weighted by Gasteiger charge is 2.13. The molecule has 1 unspecified atom stereocenters. The van der Waals surface area contributed by atoms with E-state index in [0.717, 1.165) is 25.7 Å². The number of hydrogen-bond donors (Lipinski definition) is 1. The van der Waals surface area contributed by atoms with Crippen LogP contribution in [0.3, 0.4) is 0 Å². The average Bonchev–Trinajstić information content (AvgIpc) is 2.46. The Hall–Kier alpha value is -0.570. The maximum atomic E-state index is 11.2. The van der Waals surface area contributed by atoms with Gasteiger partial charge >= 0.3 is 5.97 Å². The van der Waals surface area contributed by atoms with Crippen molar-refractivity contribution < 1.29 is 14.6 Å². The van der Waals surface area contributed by atoms with Crippen LogP contribution in [0.2, 0.25) is 0 Å². The van der Waals surface area contributed by atoms with Gasteiger partial charge in [-0.15, -0.1) is 0 Å². The predicted octanol–water partition coefficient (Wildman–Crippen LogP) is 4.61. The fourth-order valence-electron chi connectivity index (χ4n) is 2.44. The highest BCUT2D eigenvalue weighted by Crippen LogP contribution is 2.16. The van der Waals surface area contributed by atoms with Crippen LogP contribution in [0.15, 0.2) is 0 Å². The van der Waals surface area contributed by atoms with Crippen LogP contribution in [0.25, 0.3) is 0 Å². The number of hydrogen-bond acceptors (Lipinski definition) is 3. The average molecular weight is 286 g/mol. The van der Waals surface area contributed by atoms with Crippen LogP contribution >= 0.6 is 0 Å². The summed E-state index contributed by atoms with van der Waals surface area (Å²) in [5, 5.41) is 8.79. The minimum Gasteiger partial charge on any atom is -0.461 e. The molecule has 0 aliphatic heterocycles. The summed E-state index contributed by atoms with van der Waals surface area (Å²) in [4.78, 5) is 11.2. The zero-order valence-corrected chi connectivity index (χ0v) is 13.5. The molecule has 0 aliphatic carbocycles. The number of esters is 1. The summed E-state index contributed by atoms with van der Waals surface area (Å²) in [6, 6.07) is 0. The Morgan fingerprint density at radius 2 is 1.30 bits per heavy atom. The smallest absolute Gasteiger partial charge is 0.332 e. The molecule has 120 valence electrons. The lowest BCUT2D eigenvalue weighted by Gasteiger charge is -2.17. The summed E-state index contributed by atoms with van der Waals surface area (Å²) >= 11 is 0. The topological polar surface area (TPSA) is 46.5 Å². The van der Waals surface area contributed by atoms with E-state index in [0.29, 0.717) is 0 Å². The van der Waals surface area contributed by atoms with E-state index < -0.39 is 12.6 Å². The van der Waals surface area contributed by atoms with Crippen molar-refractivity contribution in [3.63, 3.8) is 0 Å². The number of carbonyl (C=O) groups excluding carboxylic acids is 1. The Morgan fingerprint density at radius 3 is 1.80 bits per heavy atom. The molecule has 1 N–H and O–H groups in total. The molecule has 0 aromatic rings. The summed E-state index contributed by atoms with van der Waals surface area (Å²) < 4.78 is 5.32. The third-order valence-corrected chi connectivity index (χ3v) is 3.69. The first-order chi connectivity index (χ1) is 9.74. The number of aliphatic hydroxyl groups is 1. The van der Waals surface area contributed by atoms with E-state index >= 15 is 0 Å². The molecule has 0 saturated carbocycles. The van der Waals surface area contributed by atoms with E-state index in [1.807, 2.05) is 0 Å². The van der Waals surface area contributed by atoms with Crippen LogP contribution in [0.4, 0.5) is 0 Å². The van der Waals surface area contributed by atoms with Crippen LogP contribution in [-0.2, 0) is 9.53 Å². The normalized spacial score (nSPS) is 12.3. The van der Waals surface area contributed by atoms with E-state index in [9.17, 15) is 4.79 Å². The molecular weight excluding hydrogens is 252 g/mol. The molecule has 1 atom stereocenters. The third kappa shape index (κ3) is 12.5. The molecule has 0 heterocycles. The van der Waals surface area contributed by atoms with Gasteiger partial charge in [-0.25, -0.2) is 4.79 Å². The lowest BCUT2D eigenvalue weighted by atomic mass is 10.0. The standard InChI is InChI=1S/C17H34O3/c1-3-5-7-9-10-12-14-16(20-17(19)15-18)13-11-8-6-4-2/h16,18H,3-15H2,1-2H3. The second-order valence-corrected chi connectivity index (χ2v) is 5.68. The fourth-order valence-corrected chi connectivity index (χ4v) is 2.44. The van der Waals surface area contributed by atoms with Gasteiger partial charge in [0.2, 0.25) is 0 Å². The maximum absolute atomic E-state index is 11.2. The lowest BCUT2D eigenvalue weighted by Crippen LogP contribution is -2.20. The molecule has 0 radical (unpaired) electrons. The molecule has 0 spiro atoms. The monoisotopic (exact) mass is 286 g/mol. The van der Waals surface area contributed by atoms with Crippen molar-refractivity contribution in [3.05, 3.63) is 0 Å². The number of carbonyl (C=O) groups is 1. The van der Waals surface area contributed by atoms with E-state index in [1.54, 1.807) is 0 Å². The summed E-state index contributed by atoms with van der Waals surface area (Å²) in [7, 11) is 0. The zero-order valence-electron chi connectivity index (χ0n) is 13.5. The Bertz CT molecular complexity index is 216. The Labute approximate surface area is 125 Å². The molecule has 0 aromatic heterocycles. The second kappa shape index (κ2) is 14.8. The minimum absolute atomic E-state index is 0.0117. The molecule has 0 saturated heterocycles. The van der Waals surface area contributed by atoms with Gasteiger partial charge in [-0.2, -0.15) is 0 Å². The Morgan fingerprint density at radius 1 is 0.850 bits per heavy atom. The largest absolute Gasteiger partial charge is 0.461 e. The van der Waals surface area contributed by atoms with Gasteiger partial charge in [0.15, 0.2) is 0 Å². The van der Waals surface area contributed by atoms with Crippen LogP contribution in [0.5, 0.6) is 0 Å². The first-order valence-electron chi connectivity index (χ1n) is 8.54. The van der Waals surface area contributed by atoms with E-state index in [4.69, 9.17) is 9.84 Å². The number of unbranched alkanes of at least 4 members (excludes halogenated alkanes) is 8. The van der Waals surface area contributed by atoms with Crippen LogP contribution < -0.4 is 0 Å². The molecule has 0 aliphatic rings. The summed E-state index contributed by atoms with van der Waals surface area (Å²) in [5.41, 5.74) is 0. The van der Waals surface area contributed by atoms with Crippen molar-refractivity contribution in [1.82, 2.24) is 0 Å². The van der Waals surface area contributed by atoms with E-state index in [1.165, 1.54) is 51.4 Å². The Balaban J connectivity index is 3.77. The minimum atomic E-state index is -0.498. The van der Waals surface area contributed by atoms with Crippen LogP contribution in [-0.4, -0.2) is 23.8 Å². The zero-order chi connectivity index (χ0) is 15.1. The van der Waals surface area contributed by atoms with Gasteiger partial charge in [0, 0.05) is 0 Å². The van der Waals surface area contributed by atoms with Crippen molar-refractivity contribution >= 4 is 5.97 Å². The van der Waals surface area contributed by atoms with Crippen molar-refractivity contribution in [2.24, 2.45) is 0 Å². The van der Waals surface area contributed by atoms with Crippen molar-refractivity contribution in [1.29, 1.82) is 0 Å². The summed E-state index contributed by atoms with van der Waals surface area (Å²) in [6.07, 6.45) is 14.2. The second-order valence-electron chi connectivity index (χ2n) is 5.68. The van der Waals surface area contributed by atoms with Crippen LogP contribution in [0, 0.1) is 0 Å². The summed E-state index contributed by atoms with van der Waals surface area (Å²) in [5.74, 6) is -0.475. The van der Waals surface area contributed by atoms with Gasteiger partial charge in [0.25, 0.3) is 0 Å². The highest BCUT2D eigenvalue weighted by molar-refractivity contribution is 5.70. The van der Waals surface area contributed by atoms with Crippen molar-refractivity contribution in [3.8, 4) is 0 Å². The number of rotatable bonds is 14.